The molecular formula is C15H17N3O. The van der Waals surface area contributed by atoms with Gasteiger partial charge in [-0.3, -0.25) is 0 Å². The van der Waals surface area contributed by atoms with Gasteiger partial charge in [-0.15, -0.1) is 10.2 Å². The number of nitrogens with one attached hydrogen (secondary N) is 1. The van der Waals surface area contributed by atoms with Gasteiger partial charge < -0.3 is 9.40 Å². The molecule has 1 N–H and O–H groups in total. The fraction of sp³-hybridized carbons (Fsp3) is 0.333. The first-order valence-corrected chi connectivity index (χ1v) is 6.52. The molecule has 19 heavy (non-hydrogen) atoms. The van der Waals surface area contributed by atoms with E-state index in [1.54, 1.807) is 0 Å². The Bertz CT molecular complexity index is 709. The van der Waals surface area contributed by atoms with Crippen LogP contribution in [0.5, 0.6) is 0 Å². The first-order valence-electron chi connectivity index (χ1n) is 6.52. The molecular weight excluding hydrogens is 238 g/mol. The minimum absolute atomic E-state index is 0.0860. The van der Waals surface area contributed by atoms with Gasteiger partial charge in [-0.05, 0) is 12.5 Å². The topological polar surface area (TPSA) is 54.7 Å². The smallest absolute Gasteiger partial charge is 0.249 e. The Hall–Kier alpha value is -2.10. The Labute approximate surface area is 111 Å². The lowest BCUT2D eigenvalue weighted by molar-refractivity contribution is 0.365. The van der Waals surface area contributed by atoms with Crippen LogP contribution >= 0.6 is 0 Å². The number of hydrogen-bond donors (Lipinski definition) is 1. The second kappa shape index (κ2) is 4.23. The number of nitrogens with zero attached hydrogens (tertiary/aromatic N) is 2. The van der Waals surface area contributed by atoms with Crippen LogP contribution in [0, 0.1) is 0 Å². The highest BCUT2D eigenvalue weighted by atomic mass is 16.4. The summed E-state index contributed by atoms with van der Waals surface area (Å²) in [6.45, 7) is 6.34. The van der Waals surface area contributed by atoms with Gasteiger partial charge in [-0.25, -0.2) is 0 Å². The van der Waals surface area contributed by atoms with Crippen LogP contribution in [0.15, 0.2) is 34.9 Å². The molecule has 2 aromatic heterocycles. The van der Waals surface area contributed by atoms with Crippen LogP contribution in [0.4, 0.5) is 0 Å². The van der Waals surface area contributed by atoms with Crippen LogP contribution in [0.3, 0.4) is 0 Å². The van der Waals surface area contributed by atoms with E-state index in [1.165, 1.54) is 0 Å². The van der Waals surface area contributed by atoms with Crippen LogP contribution in [-0.4, -0.2) is 15.2 Å². The fourth-order valence-electron chi connectivity index (χ4n) is 2.01. The number of H-pyrrole nitrogens is 1. The summed E-state index contributed by atoms with van der Waals surface area (Å²) in [5, 5.41) is 9.48. The molecule has 3 aromatic rings. The number of fused-ring (bicyclic) bond motifs is 1. The zero-order valence-corrected chi connectivity index (χ0v) is 11.4. The van der Waals surface area contributed by atoms with E-state index in [2.05, 4.69) is 42.0 Å². The summed E-state index contributed by atoms with van der Waals surface area (Å²) in [5.74, 6) is 1.27. The highest BCUT2D eigenvalue weighted by Gasteiger charge is 2.26. The number of para-hydroxylation sites is 1. The highest BCUT2D eigenvalue weighted by molar-refractivity contribution is 5.93. The van der Waals surface area contributed by atoms with Gasteiger partial charge >= 0.3 is 0 Å². The summed E-state index contributed by atoms with van der Waals surface area (Å²) in [6.07, 6.45) is 2.88. The van der Waals surface area contributed by atoms with Gasteiger partial charge in [0.2, 0.25) is 11.8 Å². The van der Waals surface area contributed by atoms with Crippen molar-refractivity contribution < 1.29 is 4.42 Å². The van der Waals surface area contributed by atoms with Crippen molar-refractivity contribution in [1.82, 2.24) is 15.2 Å². The summed E-state index contributed by atoms with van der Waals surface area (Å²) in [6, 6.07) is 8.09. The normalized spacial score (nSPS) is 12.2. The van der Waals surface area contributed by atoms with E-state index < -0.39 is 0 Å². The SMILES string of the molecule is CCC(C)(C)c1nnc(-c2c[nH]c3ccccc23)o1. The Morgan fingerprint density at radius 2 is 2.00 bits per heavy atom. The van der Waals surface area contributed by atoms with Gasteiger partial charge in [-0.1, -0.05) is 39.0 Å². The van der Waals surface area contributed by atoms with Gasteiger partial charge in [0.25, 0.3) is 0 Å². The Morgan fingerprint density at radius 1 is 1.21 bits per heavy atom. The number of aromatic amines is 1. The van der Waals surface area contributed by atoms with E-state index >= 15 is 0 Å². The maximum Gasteiger partial charge on any atom is 0.249 e. The lowest BCUT2D eigenvalue weighted by Gasteiger charge is -2.16. The van der Waals surface area contributed by atoms with Crippen LogP contribution in [0.25, 0.3) is 22.4 Å². The summed E-state index contributed by atoms with van der Waals surface area (Å²) in [4.78, 5) is 3.22. The standard InChI is InChI=1S/C15H17N3O/c1-4-15(2,3)14-18-17-13(19-14)11-9-16-12-8-6-5-7-10(11)12/h5-9,16H,4H2,1-3H3. The Kier molecular flexibility index (Phi) is 2.66. The van der Waals surface area contributed by atoms with E-state index in [0.717, 1.165) is 22.9 Å². The number of hydrogen-bond acceptors (Lipinski definition) is 3. The molecule has 0 fully saturated rings. The van der Waals surface area contributed by atoms with Crippen molar-refractivity contribution in [3.8, 4) is 11.5 Å². The van der Waals surface area contributed by atoms with Gasteiger partial charge in [0.1, 0.15) is 0 Å². The first kappa shape index (κ1) is 12.0. The molecule has 0 unspecified atom stereocenters. The van der Waals surface area contributed by atoms with E-state index in [0.29, 0.717) is 11.8 Å². The molecule has 0 saturated heterocycles. The molecule has 0 spiro atoms. The minimum atomic E-state index is -0.0860. The molecule has 0 bridgehead atoms. The summed E-state index contributed by atoms with van der Waals surface area (Å²) in [5.41, 5.74) is 1.95. The summed E-state index contributed by atoms with van der Waals surface area (Å²) >= 11 is 0. The van der Waals surface area contributed by atoms with Crippen molar-refractivity contribution in [2.24, 2.45) is 0 Å². The second-order valence-electron chi connectivity index (χ2n) is 5.40. The Morgan fingerprint density at radius 3 is 2.79 bits per heavy atom. The van der Waals surface area contributed by atoms with Gasteiger partial charge in [0.05, 0.1) is 5.56 Å². The van der Waals surface area contributed by atoms with Crippen molar-refractivity contribution in [3.05, 3.63) is 36.4 Å². The van der Waals surface area contributed by atoms with Crippen molar-refractivity contribution in [3.63, 3.8) is 0 Å². The Balaban J connectivity index is 2.08. The predicted octanol–water partition coefficient (Wildman–Crippen LogP) is 3.91. The number of benzene rings is 1. The fourth-order valence-corrected chi connectivity index (χ4v) is 2.01. The van der Waals surface area contributed by atoms with Crippen molar-refractivity contribution in [2.75, 3.05) is 0 Å². The zero-order valence-electron chi connectivity index (χ0n) is 11.4. The average Bonchev–Trinajstić information content (AvgIpc) is 3.05. The maximum absolute atomic E-state index is 5.85. The molecule has 0 saturated carbocycles. The number of aromatic nitrogens is 3. The third-order valence-corrected chi connectivity index (χ3v) is 3.71. The monoisotopic (exact) mass is 255 g/mol. The molecule has 2 heterocycles. The minimum Gasteiger partial charge on any atom is -0.420 e. The average molecular weight is 255 g/mol. The van der Waals surface area contributed by atoms with Crippen molar-refractivity contribution in [2.45, 2.75) is 32.6 Å². The molecule has 1 aromatic carbocycles. The molecule has 0 radical (unpaired) electrons. The van der Waals surface area contributed by atoms with E-state index in [1.807, 2.05) is 24.4 Å². The quantitative estimate of drug-likeness (QED) is 0.772. The van der Waals surface area contributed by atoms with Crippen LogP contribution in [-0.2, 0) is 5.41 Å². The molecule has 0 aliphatic heterocycles. The van der Waals surface area contributed by atoms with Gasteiger partial charge in [0, 0.05) is 22.5 Å². The van der Waals surface area contributed by atoms with Gasteiger partial charge in [-0.2, -0.15) is 0 Å². The molecule has 0 amide bonds. The second-order valence-corrected chi connectivity index (χ2v) is 5.40. The number of rotatable bonds is 3. The first-order chi connectivity index (χ1) is 9.12. The van der Waals surface area contributed by atoms with E-state index in [9.17, 15) is 0 Å². The van der Waals surface area contributed by atoms with E-state index in [4.69, 9.17) is 4.42 Å². The van der Waals surface area contributed by atoms with E-state index in [-0.39, 0.29) is 5.41 Å². The van der Waals surface area contributed by atoms with Crippen molar-refractivity contribution >= 4 is 10.9 Å². The summed E-state index contributed by atoms with van der Waals surface area (Å²) in [7, 11) is 0. The van der Waals surface area contributed by atoms with Gasteiger partial charge in [0.15, 0.2) is 0 Å². The molecule has 0 atom stereocenters. The largest absolute Gasteiger partial charge is 0.420 e. The van der Waals surface area contributed by atoms with Crippen LogP contribution in [0.1, 0.15) is 33.1 Å². The molecule has 0 aliphatic rings. The lowest BCUT2D eigenvalue weighted by Crippen LogP contribution is -2.15. The summed E-state index contributed by atoms with van der Waals surface area (Å²) < 4.78 is 5.85. The molecule has 98 valence electrons. The highest BCUT2D eigenvalue weighted by Crippen LogP contribution is 2.31. The van der Waals surface area contributed by atoms with Crippen LogP contribution < -0.4 is 0 Å². The predicted molar refractivity (Wildman–Crippen MR) is 74.9 cm³/mol. The third-order valence-electron chi connectivity index (χ3n) is 3.71. The van der Waals surface area contributed by atoms with Crippen molar-refractivity contribution in [1.29, 1.82) is 0 Å². The molecule has 0 aliphatic carbocycles. The third kappa shape index (κ3) is 1.93. The maximum atomic E-state index is 5.85. The molecule has 4 heteroatoms. The van der Waals surface area contributed by atoms with Crippen LogP contribution in [0.2, 0.25) is 0 Å². The molecule has 4 nitrogen and oxygen atoms in total. The zero-order chi connectivity index (χ0) is 13.5. The lowest BCUT2D eigenvalue weighted by atomic mass is 9.90. The molecule has 3 rings (SSSR count).